The molecule has 2 N–H and O–H groups in total. The lowest BCUT2D eigenvalue weighted by Gasteiger charge is -2.24. The van der Waals surface area contributed by atoms with Gasteiger partial charge in [-0.2, -0.15) is 0 Å². The smallest absolute Gasteiger partial charge is 0.0897 e. The van der Waals surface area contributed by atoms with Gasteiger partial charge in [-0.15, -0.1) is 0 Å². The highest BCUT2D eigenvalue weighted by molar-refractivity contribution is 4.71. The van der Waals surface area contributed by atoms with Crippen LogP contribution in [0.4, 0.5) is 0 Å². The molecular formula is C17H34N2O2. The summed E-state index contributed by atoms with van der Waals surface area (Å²) >= 11 is 0. The highest BCUT2D eigenvalue weighted by atomic mass is 16.5. The van der Waals surface area contributed by atoms with Crippen molar-refractivity contribution in [2.75, 3.05) is 39.3 Å². The Hall–Kier alpha value is -0.160. The second-order valence-electron chi connectivity index (χ2n) is 7.02. The van der Waals surface area contributed by atoms with Crippen LogP contribution in [0.25, 0.3) is 0 Å². The van der Waals surface area contributed by atoms with E-state index < -0.39 is 0 Å². The molecule has 2 unspecified atom stereocenters. The molecule has 4 nitrogen and oxygen atoms in total. The van der Waals surface area contributed by atoms with Gasteiger partial charge in [-0.05, 0) is 51.2 Å². The molecule has 1 saturated heterocycles. The minimum absolute atomic E-state index is 0.370. The molecule has 2 fully saturated rings. The van der Waals surface area contributed by atoms with Gasteiger partial charge in [-0.1, -0.05) is 26.2 Å². The summed E-state index contributed by atoms with van der Waals surface area (Å²) in [7, 11) is 0. The van der Waals surface area contributed by atoms with E-state index in [0.717, 1.165) is 6.54 Å². The third-order valence-electron chi connectivity index (χ3n) is 4.72. The molecule has 0 amide bonds. The van der Waals surface area contributed by atoms with Crippen molar-refractivity contribution in [3.8, 4) is 0 Å². The number of aliphatic hydroxyl groups excluding tert-OH is 1. The number of nitrogens with one attached hydrogen (secondary N) is 1. The Morgan fingerprint density at radius 1 is 1.10 bits per heavy atom. The van der Waals surface area contributed by atoms with Crippen molar-refractivity contribution >= 4 is 0 Å². The van der Waals surface area contributed by atoms with Crippen molar-refractivity contribution < 1.29 is 9.84 Å². The largest absolute Gasteiger partial charge is 0.389 e. The molecule has 0 spiro atoms. The molecule has 1 saturated carbocycles. The Labute approximate surface area is 130 Å². The van der Waals surface area contributed by atoms with E-state index in [1.807, 2.05) is 0 Å². The topological polar surface area (TPSA) is 44.7 Å². The third-order valence-corrected chi connectivity index (χ3v) is 4.72. The molecule has 124 valence electrons. The van der Waals surface area contributed by atoms with Crippen LogP contribution >= 0.6 is 0 Å². The zero-order chi connectivity index (χ0) is 14.9. The van der Waals surface area contributed by atoms with Gasteiger partial charge in [0.25, 0.3) is 0 Å². The number of likely N-dealkylation sites (tertiary alicyclic amines) is 1. The van der Waals surface area contributed by atoms with Gasteiger partial charge in [0, 0.05) is 13.1 Å². The lowest BCUT2D eigenvalue weighted by Crippen LogP contribution is -2.37. The van der Waals surface area contributed by atoms with Crippen LogP contribution in [0.5, 0.6) is 0 Å². The minimum atomic E-state index is -0.370. The van der Waals surface area contributed by atoms with Gasteiger partial charge in [0.05, 0.1) is 18.8 Å². The van der Waals surface area contributed by atoms with Crippen molar-refractivity contribution in [3.63, 3.8) is 0 Å². The minimum Gasteiger partial charge on any atom is -0.389 e. The maximum atomic E-state index is 9.98. The van der Waals surface area contributed by atoms with Crippen molar-refractivity contribution in [2.24, 2.45) is 5.92 Å². The first-order chi connectivity index (χ1) is 10.2. The Kier molecular flexibility index (Phi) is 8.01. The van der Waals surface area contributed by atoms with E-state index in [9.17, 15) is 5.11 Å². The summed E-state index contributed by atoms with van der Waals surface area (Å²) in [5.74, 6) is 0.648. The van der Waals surface area contributed by atoms with Crippen molar-refractivity contribution in [2.45, 2.75) is 64.1 Å². The van der Waals surface area contributed by atoms with E-state index in [1.165, 1.54) is 64.6 Å². The van der Waals surface area contributed by atoms with Gasteiger partial charge < -0.3 is 20.1 Å². The highest BCUT2D eigenvalue weighted by Crippen LogP contribution is 2.20. The molecule has 2 atom stereocenters. The quantitative estimate of drug-likeness (QED) is 0.683. The van der Waals surface area contributed by atoms with Crippen LogP contribution in [0.1, 0.15) is 51.9 Å². The highest BCUT2D eigenvalue weighted by Gasteiger charge is 2.16. The molecule has 1 aliphatic heterocycles. The molecule has 1 aliphatic carbocycles. The predicted octanol–water partition coefficient (Wildman–Crippen LogP) is 2.02. The van der Waals surface area contributed by atoms with Crippen LogP contribution in [0.15, 0.2) is 0 Å². The second-order valence-corrected chi connectivity index (χ2v) is 7.02. The van der Waals surface area contributed by atoms with E-state index in [4.69, 9.17) is 4.74 Å². The van der Waals surface area contributed by atoms with Gasteiger partial charge >= 0.3 is 0 Å². The normalized spacial score (nSPS) is 24.3. The maximum absolute atomic E-state index is 9.98. The summed E-state index contributed by atoms with van der Waals surface area (Å²) in [4.78, 5) is 2.55. The van der Waals surface area contributed by atoms with Crippen LogP contribution in [-0.4, -0.2) is 61.5 Å². The van der Waals surface area contributed by atoms with Gasteiger partial charge in [0.1, 0.15) is 0 Å². The molecule has 2 aliphatic rings. The van der Waals surface area contributed by atoms with E-state index >= 15 is 0 Å². The molecule has 0 bridgehead atoms. The summed E-state index contributed by atoms with van der Waals surface area (Å²) in [5, 5.41) is 13.4. The summed E-state index contributed by atoms with van der Waals surface area (Å²) in [6.45, 7) is 8.12. The third kappa shape index (κ3) is 7.09. The van der Waals surface area contributed by atoms with Gasteiger partial charge in [-0.25, -0.2) is 0 Å². The van der Waals surface area contributed by atoms with Crippen LogP contribution in [0.2, 0.25) is 0 Å². The first-order valence-corrected chi connectivity index (χ1v) is 8.97. The molecule has 0 aromatic rings. The zero-order valence-corrected chi connectivity index (χ0v) is 13.7. The van der Waals surface area contributed by atoms with Gasteiger partial charge in [0.2, 0.25) is 0 Å². The van der Waals surface area contributed by atoms with Crippen LogP contribution < -0.4 is 5.32 Å². The summed E-state index contributed by atoms with van der Waals surface area (Å²) < 4.78 is 5.81. The van der Waals surface area contributed by atoms with Crippen molar-refractivity contribution in [3.05, 3.63) is 0 Å². The number of aliphatic hydroxyl groups is 1. The fraction of sp³-hybridized carbons (Fsp3) is 1.00. The number of ether oxygens (including phenoxy) is 1. The standard InChI is InChI=1S/C17H34N2O2/c1-15(13-19-9-5-6-10-19)11-18-12-16(20)14-21-17-7-3-2-4-8-17/h15-18,20H,2-14H2,1H3. The first kappa shape index (κ1) is 17.2. The Morgan fingerprint density at radius 3 is 2.52 bits per heavy atom. The Bertz CT molecular complexity index is 264. The van der Waals surface area contributed by atoms with Crippen LogP contribution in [-0.2, 0) is 4.74 Å². The number of nitrogens with zero attached hydrogens (tertiary/aromatic N) is 1. The maximum Gasteiger partial charge on any atom is 0.0897 e. The second kappa shape index (κ2) is 9.78. The monoisotopic (exact) mass is 298 g/mol. The van der Waals surface area contributed by atoms with E-state index in [-0.39, 0.29) is 6.10 Å². The van der Waals surface area contributed by atoms with Crippen LogP contribution in [0.3, 0.4) is 0 Å². The summed E-state index contributed by atoms with van der Waals surface area (Å²) in [6, 6.07) is 0. The van der Waals surface area contributed by atoms with Gasteiger partial charge in [-0.3, -0.25) is 0 Å². The molecular weight excluding hydrogens is 264 g/mol. The number of hydrogen-bond donors (Lipinski definition) is 2. The lowest BCUT2D eigenvalue weighted by atomic mass is 9.98. The average Bonchev–Trinajstić information content (AvgIpc) is 2.99. The molecule has 4 heteroatoms. The van der Waals surface area contributed by atoms with Crippen molar-refractivity contribution in [1.82, 2.24) is 10.2 Å². The number of hydrogen-bond acceptors (Lipinski definition) is 4. The summed E-state index contributed by atoms with van der Waals surface area (Å²) in [6.07, 6.45) is 9.00. The molecule has 0 radical (unpaired) electrons. The molecule has 0 aromatic heterocycles. The van der Waals surface area contributed by atoms with Crippen LogP contribution in [0, 0.1) is 5.92 Å². The molecule has 2 rings (SSSR count). The van der Waals surface area contributed by atoms with E-state index in [0.29, 0.717) is 25.2 Å². The van der Waals surface area contributed by atoms with E-state index in [1.54, 1.807) is 0 Å². The summed E-state index contributed by atoms with van der Waals surface area (Å²) in [5.41, 5.74) is 0. The van der Waals surface area contributed by atoms with Crippen molar-refractivity contribution in [1.29, 1.82) is 0 Å². The Balaban J connectivity index is 1.46. The predicted molar refractivity (Wildman–Crippen MR) is 86.5 cm³/mol. The number of rotatable bonds is 9. The molecule has 0 aromatic carbocycles. The Morgan fingerprint density at radius 2 is 1.81 bits per heavy atom. The fourth-order valence-electron chi connectivity index (χ4n) is 3.50. The van der Waals surface area contributed by atoms with E-state index in [2.05, 4.69) is 17.1 Å². The SMILES string of the molecule is CC(CNCC(O)COC1CCCCC1)CN1CCCC1. The van der Waals surface area contributed by atoms with Gasteiger partial charge in [0.15, 0.2) is 0 Å². The fourth-order valence-corrected chi connectivity index (χ4v) is 3.50. The average molecular weight is 298 g/mol. The zero-order valence-electron chi connectivity index (χ0n) is 13.7. The molecule has 21 heavy (non-hydrogen) atoms. The molecule has 1 heterocycles. The first-order valence-electron chi connectivity index (χ1n) is 8.97. The lowest BCUT2D eigenvalue weighted by molar-refractivity contribution is -0.0231.